The maximum absolute atomic E-state index is 13.2. The molecule has 0 saturated heterocycles. The molecule has 0 aromatic heterocycles. The van der Waals surface area contributed by atoms with E-state index in [0.717, 1.165) is 17.3 Å². The molecule has 0 aliphatic rings. The molecule has 0 nitrogen and oxygen atoms in total. The maximum Gasteiger partial charge on any atom is 0.141 e. The first-order valence-corrected chi connectivity index (χ1v) is 7.66. The highest BCUT2D eigenvalue weighted by Gasteiger charge is 2.12. The number of hydrogen-bond acceptors (Lipinski definition) is 0. The second kappa shape index (κ2) is 6.53. The van der Waals surface area contributed by atoms with Gasteiger partial charge in [0.1, 0.15) is 5.82 Å². The molecule has 2 aromatic carbocycles. The fourth-order valence-electron chi connectivity index (χ4n) is 2.14. The molecule has 0 bridgehead atoms. The number of benzene rings is 2. The highest BCUT2D eigenvalue weighted by molar-refractivity contribution is 9.09. The third-order valence-electron chi connectivity index (χ3n) is 3.17. The van der Waals surface area contributed by atoms with Gasteiger partial charge < -0.3 is 0 Å². The number of halogens is 3. The van der Waals surface area contributed by atoms with Crippen LogP contribution in [0.25, 0.3) is 0 Å². The Bertz CT molecular complexity index is 568. The number of hydrogen-bond donors (Lipinski definition) is 0. The van der Waals surface area contributed by atoms with E-state index < -0.39 is 0 Å². The highest BCUT2D eigenvalue weighted by atomic mass is 79.9. The summed E-state index contributed by atoms with van der Waals surface area (Å²) in [6.45, 7) is 2.09. The van der Waals surface area contributed by atoms with Gasteiger partial charge in [-0.15, -0.1) is 0 Å². The Morgan fingerprint density at radius 3 is 2.63 bits per heavy atom. The van der Waals surface area contributed by atoms with Crippen LogP contribution in [0.4, 0.5) is 4.39 Å². The molecule has 0 aliphatic carbocycles. The minimum atomic E-state index is -0.364. The van der Waals surface area contributed by atoms with Crippen molar-refractivity contribution in [2.24, 2.45) is 0 Å². The Morgan fingerprint density at radius 2 is 2.00 bits per heavy atom. The lowest BCUT2D eigenvalue weighted by molar-refractivity contribution is 0.626. The van der Waals surface area contributed by atoms with Crippen molar-refractivity contribution in [1.29, 1.82) is 0 Å². The first kappa shape index (κ1) is 14.5. The SMILES string of the molecule is Cc1cccc(C(CBr)Cc2ccc(F)c(Cl)c2)c1. The van der Waals surface area contributed by atoms with Gasteiger partial charge in [-0.25, -0.2) is 4.39 Å². The number of aryl methyl sites for hydroxylation is 1. The second-order valence-corrected chi connectivity index (χ2v) is 5.77. The van der Waals surface area contributed by atoms with E-state index >= 15 is 0 Å². The number of rotatable bonds is 4. The fourth-order valence-corrected chi connectivity index (χ4v) is 2.94. The standard InChI is InChI=1S/C16H15BrClF/c1-11-3-2-4-13(7-11)14(10-17)8-12-5-6-16(19)15(18)9-12/h2-7,9,14H,8,10H2,1H3. The Labute approximate surface area is 126 Å². The van der Waals surface area contributed by atoms with E-state index in [9.17, 15) is 4.39 Å². The molecule has 3 heteroatoms. The van der Waals surface area contributed by atoms with Crippen LogP contribution in [-0.2, 0) is 6.42 Å². The molecule has 19 heavy (non-hydrogen) atoms. The average molecular weight is 342 g/mol. The summed E-state index contributed by atoms with van der Waals surface area (Å²) in [6, 6.07) is 13.4. The van der Waals surface area contributed by atoms with Crippen LogP contribution in [0.2, 0.25) is 5.02 Å². The molecule has 1 unspecified atom stereocenters. The fraction of sp³-hybridized carbons (Fsp3) is 0.250. The minimum Gasteiger partial charge on any atom is -0.205 e. The van der Waals surface area contributed by atoms with Crippen molar-refractivity contribution in [2.45, 2.75) is 19.3 Å². The van der Waals surface area contributed by atoms with Gasteiger partial charge in [-0.05, 0) is 42.5 Å². The van der Waals surface area contributed by atoms with E-state index in [1.807, 2.05) is 0 Å². The molecule has 0 saturated carbocycles. The first-order valence-electron chi connectivity index (χ1n) is 6.16. The molecule has 0 spiro atoms. The van der Waals surface area contributed by atoms with E-state index in [-0.39, 0.29) is 10.8 Å². The van der Waals surface area contributed by atoms with Crippen LogP contribution >= 0.6 is 27.5 Å². The third-order valence-corrected chi connectivity index (χ3v) is 4.24. The van der Waals surface area contributed by atoms with Crippen LogP contribution in [0.5, 0.6) is 0 Å². The zero-order valence-corrected chi connectivity index (χ0v) is 13.0. The zero-order valence-electron chi connectivity index (χ0n) is 10.7. The summed E-state index contributed by atoms with van der Waals surface area (Å²) in [5.41, 5.74) is 3.59. The normalized spacial score (nSPS) is 12.4. The van der Waals surface area contributed by atoms with Gasteiger partial charge in [0, 0.05) is 5.33 Å². The summed E-state index contributed by atoms with van der Waals surface area (Å²) < 4.78 is 13.2. The summed E-state index contributed by atoms with van der Waals surface area (Å²) in [6.07, 6.45) is 0.842. The van der Waals surface area contributed by atoms with Gasteiger partial charge >= 0.3 is 0 Å². The van der Waals surface area contributed by atoms with Crippen LogP contribution < -0.4 is 0 Å². The molecule has 0 amide bonds. The summed E-state index contributed by atoms with van der Waals surface area (Å²) in [5.74, 6) is -0.00204. The highest BCUT2D eigenvalue weighted by Crippen LogP contribution is 2.26. The van der Waals surface area contributed by atoms with Crippen molar-refractivity contribution >= 4 is 27.5 Å². The van der Waals surface area contributed by atoms with Crippen LogP contribution in [0, 0.1) is 12.7 Å². The van der Waals surface area contributed by atoms with E-state index in [4.69, 9.17) is 11.6 Å². The second-order valence-electron chi connectivity index (χ2n) is 4.72. The molecule has 2 rings (SSSR count). The van der Waals surface area contributed by atoms with Crippen LogP contribution in [-0.4, -0.2) is 5.33 Å². The molecule has 2 aromatic rings. The predicted octanol–water partition coefficient (Wildman–Crippen LogP) is 5.51. The molecular formula is C16H15BrClF. The summed E-state index contributed by atoms with van der Waals surface area (Å²) in [4.78, 5) is 0. The molecule has 1 atom stereocenters. The lowest BCUT2D eigenvalue weighted by atomic mass is 9.93. The smallest absolute Gasteiger partial charge is 0.141 e. The summed E-state index contributed by atoms with van der Waals surface area (Å²) >= 11 is 9.39. The van der Waals surface area contributed by atoms with Gasteiger partial charge in [-0.3, -0.25) is 0 Å². The van der Waals surface area contributed by atoms with E-state index in [2.05, 4.69) is 47.1 Å². The van der Waals surface area contributed by atoms with Crippen molar-refractivity contribution in [3.63, 3.8) is 0 Å². The quantitative estimate of drug-likeness (QED) is 0.643. The van der Waals surface area contributed by atoms with E-state index in [0.29, 0.717) is 5.92 Å². The van der Waals surface area contributed by atoms with Crippen molar-refractivity contribution in [3.05, 3.63) is 70.0 Å². The van der Waals surface area contributed by atoms with Crippen LogP contribution in [0.15, 0.2) is 42.5 Å². The first-order chi connectivity index (χ1) is 9.10. The Hall–Kier alpha value is -0.860. The van der Waals surface area contributed by atoms with Gasteiger partial charge in [0.15, 0.2) is 0 Å². The van der Waals surface area contributed by atoms with Gasteiger partial charge in [-0.1, -0.05) is 63.4 Å². The molecule has 0 aliphatic heterocycles. The zero-order chi connectivity index (χ0) is 13.8. The molecule has 100 valence electrons. The van der Waals surface area contributed by atoms with Crippen molar-refractivity contribution in [3.8, 4) is 0 Å². The van der Waals surface area contributed by atoms with Gasteiger partial charge in [0.05, 0.1) is 5.02 Å². The summed E-state index contributed by atoms with van der Waals surface area (Å²) in [5, 5.41) is 1.06. The molecule has 0 fully saturated rings. The Kier molecular flexibility index (Phi) is 5.00. The molecule has 0 heterocycles. The number of alkyl halides is 1. The lowest BCUT2D eigenvalue weighted by Crippen LogP contribution is -2.05. The van der Waals surface area contributed by atoms with Gasteiger partial charge in [0.2, 0.25) is 0 Å². The van der Waals surface area contributed by atoms with Crippen molar-refractivity contribution in [1.82, 2.24) is 0 Å². The Morgan fingerprint density at radius 1 is 1.21 bits per heavy atom. The van der Waals surface area contributed by atoms with Gasteiger partial charge in [-0.2, -0.15) is 0 Å². The maximum atomic E-state index is 13.2. The predicted molar refractivity (Wildman–Crippen MR) is 82.8 cm³/mol. The topological polar surface area (TPSA) is 0 Å². The molecule has 0 radical (unpaired) electrons. The van der Waals surface area contributed by atoms with E-state index in [1.165, 1.54) is 17.2 Å². The molecule has 0 N–H and O–H groups in total. The minimum absolute atomic E-state index is 0.190. The average Bonchev–Trinajstić information content (AvgIpc) is 2.40. The third kappa shape index (κ3) is 3.80. The van der Waals surface area contributed by atoms with Gasteiger partial charge in [0.25, 0.3) is 0 Å². The Balaban J connectivity index is 2.21. The van der Waals surface area contributed by atoms with Crippen LogP contribution in [0.3, 0.4) is 0 Å². The van der Waals surface area contributed by atoms with Crippen molar-refractivity contribution in [2.75, 3.05) is 5.33 Å². The molecular weight excluding hydrogens is 327 g/mol. The summed E-state index contributed by atoms with van der Waals surface area (Å²) in [7, 11) is 0. The lowest BCUT2D eigenvalue weighted by Gasteiger charge is -2.15. The van der Waals surface area contributed by atoms with Crippen molar-refractivity contribution < 1.29 is 4.39 Å². The van der Waals surface area contributed by atoms with E-state index in [1.54, 1.807) is 12.1 Å². The monoisotopic (exact) mass is 340 g/mol. The van der Waals surface area contributed by atoms with Crippen LogP contribution in [0.1, 0.15) is 22.6 Å². The largest absolute Gasteiger partial charge is 0.205 e.